The average molecular weight is 195 g/mol. The van der Waals surface area contributed by atoms with Gasteiger partial charge in [0.1, 0.15) is 0 Å². The van der Waals surface area contributed by atoms with E-state index in [1.165, 1.54) is 32.4 Å². The van der Waals surface area contributed by atoms with E-state index in [1.54, 1.807) is 0 Å². The largest absolute Gasteiger partial charge is 0.297 e. The lowest BCUT2D eigenvalue weighted by Gasteiger charge is -2.55. The topological polar surface area (TPSA) is 3.24 Å². The zero-order valence-corrected chi connectivity index (χ0v) is 10.5. The van der Waals surface area contributed by atoms with Crippen molar-refractivity contribution in [2.45, 2.75) is 59.4 Å². The third-order valence-corrected chi connectivity index (χ3v) is 4.19. The van der Waals surface area contributed by atoms with Crippen LogP contribution in [0.5, 0.6) is 0 Å². The van der Waals surface area contributed by atoms with Crippen LogP contribution in [0.2, 0.25) is 0 Å². The highest BCUT2D eigenvalue weighted by Gasteiger charge is 2.52. The minimum Gasteiger partial charge on any atom is -0.297 e. The van der Waals surface area contributed by atoms with Crippen molar-refractivity contribution in [3.63, 3.8) is 0 Å². The van der Waals surface area contributed by atoms with E-state index in [0.29, 0.717) is 16.4 Å². The zero-order chi connectivity index (χ0) is 10.6. The van der Waals surface area contributed by atoms with Gasteiger partial charge < -0.3 is 0 Å². The van der Waals surface area contributed by atoms with Gasteiger partial charge in [-0.1, -0.05) is 13.8 Å². The molecule has 14 heavy (non-hydrogen) atoms. The number of likely N-dealkylation sites (tertiary alicyclic amines) is 1. The highest BCUT2D eigenvalue weighted by atomic mass is 15.3. The first-order chi connectivity index (χ1) is 6.23. The smallest absolute Gasteiger partial charge is 0.0125 e. The van der Waals surface area contributed by atoms with Gasteiger partial charge in [-0.15, -0.1) is 0 Å². The molecule has 0 aromatic heterocycles. The van der Waals surface area contributed by atoms with Crippen LogP contribution in [0, 0.1) is 10.8 Å². The Kier molecular flexibility index (Phi) is 2.06. The third kappa shape index (κ3) is 1.71. The first-order valence-electron chi connectivity index (χ1n) is 5.98. The molecule has 0 radical (unpaired) electrons. The van der Waals surface area contributed by atoms with Crippen molar-refractivity contribution in [3.05, 3.63) is 0 Å². The van der Waals surface area contributed by atoms with Crippen molar-refractivity contribution in [1.29, 1.82) is 0 Å². The zero-order valence-electron chi connectivity index (χ0n) is 10.5. The molecule has 0 aromatic rings. The summed E-state index contributed by atoms with van der Waals surface area (Å²) in [6.07, 6.45) is 4.35. The summed E-state index contributed by atoms with van der Waals surface area (Å²) in [6.45, 7) is 14.6. The van der Waals surface area contributed by atoms with Crippen LogP contribution < -0.4 is 0 Å². The Morgan fingerprint density at radius 2 is 1.57 bits per heavy atom. The Bertz CT molecular complexity index is 228. The van der Waals surface area contributed by atoms with Gasteiger partial charge in [-0.05, 0) is 50.9 Å². The van der Waals surface area contributed by atoms with E-state index in [0.717, 1.165) is 0 Å². The van der Waals surface area contributed by atoms with Crippen molar-refractivity contribution in [1.82, 2.24) is 4.90 Å². The molecule has 2 rings (SSSR count). The first-order valence-corrected chi connectivity index (χ1v) is 5.98. The van der Waals surface area contributed by atoms with Crippen LogP contribution in [0.15, 0.2) is 0 Å². The Balaban J connectivity index is 1.94. The van der Waals surface area contributed by atoms with Gasteiger partial charge in [0.05, 0.1) is 0 Å². The van der Waals surface area contributed by atoms with Gasteiger partial charge in [-0.2, -0.15) is 0 Å². The maximum atomic E-state index is 2.63. The second-order valence-electron chi connectivity index (χ2n) is 7.37. The van der Waals surface area contributed by atoms with Crippen molar-refractivity contribution in [2.75, 3.05) is 13.1 Å². The van der Waals surface area contributed by atoms with Gasteiger partial charge >= 0.3 is 0 Å². The summed E-state index contributed by atoms with van der Waals surface area (Å²) in [4.78, 5) is 2.63. The van der Waals surface area contributed by atoms with Crippen LogP contribution in [0.3, 0.4) is 0 Å². The van der Waals surface area contributed by atoms with Crippen LogP contribution in [-0.2, 0) is 0 Å². The summed E-state index contributed by atoms with van der Waals surface area (Å²) in [5.74, 6) is 0. The quantitative estimate of drug-likeness (QED) is 0.573. The fourth-order valence-electron chi connectivity index (χ4n) is 3.30. The minimum atomic E-state index is 0.387. The van der Waals surface area contributed by atoms with Crippen LogP contribution >= 0.6 is 0 Å². The summed E-state index contributed by atoms with van der Waals surface area (Å²) >= 11 is 0. The molecule has 1 heterocycles. The van der Waals surface area contributed by atoms with Crippen molar-refractivity contribution in [3.8, 4) is 0 Å². The van der Waals surface area contributed by atoms with Gasteiger partial charge in [0.15, 0.2) is 0 Å². The summed E-state index contributed by atoms with van der Waals surface area (Å²) < 4.78 is 0. The van der Waals surface area contributed by atoms with Gasteiger partial charge in [0.25, 0.3) is 0 Å². The van der Waals surface area contributed by atoms with Crippen LogP contribution in [0.1, 0.15) is 53.9 Å². The molecule has 0 unspecified atom stereocenters. The Morgan fingerprint density at radius 1 is 1.00 bits per heavy atom. The maximum absolute atomic E-state index is 2.63. The van der Waals surface area contributed by atoms with Gasteiger partial charge in [0, 0.05) is 18.6 Å². The first kappa shape index (κ1) is 10.5. The van der Waals surface area contributed by atoms with Crippen LogP contribution in [-0.4, -0.2) is 23.5 Å². The van der Waals surface area contributed by atoms with Gasteiger partial charge in [0.2, 0.25) is 0 Å². The molecule has 1 spiro atoms. The number of hydrogen-bond donors (Lipinski definition) is 0. The monoisotopic (exact) mass is 195 g/mol. The molecule has 1 aliphatic heterocycles. The number of hydrogen-bond acceptors (Lipinski definition) is 1. The molecule has 0 aromatic carbocycles. The molecule has 82 valence electrons. The fraction of sp³-hybridized carbons (Fsp3) is 1.00. The fourth-order valence-corrected chi connectivity index (χ4v) is 3.30. The number of nitrogens with zero attached hydrogens (tertiary/aromatic N) is 1. The molecule has 0 N–H and O–H groups in total. The molecule has 2 fully saturated rings. The molecule has 1 saturated heterocycles. The lowest BCUT2D eigenvalue weighted by atomic mass is 9.73. The summed E-state index contributed by atoms with van der Waals surface area (Å²) in [7, 11) is 0. The summed E-state index contributed by atoms with van der Waals surface area (Å²) in [5.41, 5.74) is 1.71. The van der Waals surface area contributed by atoms with E-state index in [-0.39, 0.29) is 0 Å². The predicted molar refractivity (Wildman–Crippen MR) is 61.4 cm³/mol. The molecule has 0 atom stereocenters. The standard InChI is InChI=1S/C13H25N/c1-11(2,3)14-9-13(10-14)7-6-12(4,5)8-13/h6-10H2,1-5H3. The van der Waals surface area contributed by atoms with E-state index in [2.05, 4.69) is 39.5 Å². The van der Waals surface area contributed by atoms with Gasteiger partial charge in [-0.3, -0.25) is 4.90 Å². The van der Waals surface area contributed by atoms with Gasteiger partial charge in [-0.25, -0.2) is 0 Å². The molecular weight excluding hydrogens is 170 g/mol. The highest BCUT2D eigenvalue weighted by molar-refractivity contribution is 5.05. The molecule has 1 heteroatoms. The lowest BCUT2D eigenvalue weighted by molar-refractivity contribution is -0.0596. The van der Waals surface area contributed by atoms with E-state index in [4.69, 9.17) is 0 Å². The molecule has 0 amide bonds. The Labute approximate surface area is 88.9 Å². The highest BCUT2D eigenvalue weighted by Crippen LogP contribution is 2.54. The van der Waals surface area contributed by atoms with E-state index >= 15 is 0 Å². The SMILES string of the molecule is CC1(C)CCC2(CN(C(C)(C)C)C2)C1. The Hall–Kier alpha value is -0.0400. The molecule has 1 nitrogen and oxygen atoms in total. The average Bonchev–Trinajstić information content (AvgIpc) is 2.20. The molecular formula is C13H25N. The van der Waals surface area contributed by atoms with E-state index in [1.807, 2.05) is 0 Å². The van der Waals surface area contributed by atoms with Crippen LogP contribution in [0.25, 0.3) is 0 Å². The van der Waals surface area contributed by atoms with E-state index < -0.39 is 0 Å². The third-order valence-electron chi connectivity index (χ3n) is 4.19. The summed E-state index contributed by atoms with van der Waals surface area (Å²) in [6, 6.07) is 0. The second-order valence-corrected chi connectivity index (χ2v) is 7.37. The summed E-state index contributed by atoms with van der Waals surface area (Å²) in [5, 5.41) is 0. The molecule has 0 bridgehead atoms. The van der Waals surface area contributed by atoms with Crippen LogP contribution in [0.4, 0.5) is 0 Å². The normalized spacial score (nSPS) is 30.6. The second kappa shape index (κ2) is 2.75. The predicted octanol–water partition coefficient (Wildman–Crippen LogP) is 3.30. The maximum Gasteiger partial charge on any atom is 0.0125 e. The van der Waals surface area contributed by atoms with E-state index in [9.17, 15) is 0 Å². The van der Waals surface area contributed by atoms with Crippen molar-refractivity contribution >= 4 is 0 Å². The number of rotatable bonds is 0. The van der Waals surface area contributed by atoms with Crippen molar-refractivity contribution < 1.29 is 0 Å². The minimum absolute atomic E-state index is 0.387. The molecule has 2 aliphatic rings. The molecule has 1 saturated carbocycles. The lowest BCUT2D eigenvalue weighted by Crippen LogP contribution is -2.61. The molecule has 1 aliphatic carbocycles. The van der Waals surface area contributed by atoms with Crippen molar-refractivity contribution in [2.24, 2.45) is 10.8 Å². The Morgan fingerprint density at radius 3 is 1.93 bits per heavy atom.